The highest BCUT2D eigenvalue weighted by atomic mass is 32.2. The number of hydrogen-bond donors (Lipinski definition) is 1. The summed E-state index contributed by atoms with van der Waals surface area (Å²) in [6.07, 6.45) is 4.10. The molecule has 1 fully saturated rings. The van der Waals surface area contributed by atoms with Gasteiger partial charge in [0.05, 0.1) is 4.90 Å². The average Bonchev–Trinajstić information content (AvgIpc) is 2.77. The van der Waals surface area contributed by atoms with E-state index in [4.69, 9.17) is 4.74 Å². The Labute approximate surface area is 152 Å². The largest absolute Gasteiger partial charge is 0.454 e. The second-order valence-electron chi connectivity index (χ2n) is 6.13. The van der Waals surface area contributed by atoms with Crippen LogP contribution in [-0.4, -0.2) is 57.1 Å². The van der Waals surface area contributed by atoms with Gasteiger partial charge in [0.1, 0.15) is 6.54 Å². The van der Waals surface area contributed by atoms with Crippen LogP contribution in [0.3, 0.4) is 0 Å². The molecule has 2 amide bonds. The van der Waals surface area contributed by atoms with E-state index in [-0.39, 0.29) is 23.0 Å². The predicted molar refractivity (Wildman–Crippen MR) is 94.2 cm³/mol. The summed E-state index contributed by atoms with van der Waals surface area (Å²) in [5, 5.41) is 2.47. The van der Waals surface area contributed by atoms with Crippen LogP contribution in [-0.2, 0) is 29.0 Å². The van der Waals surface area contributed by atoms with E-state index >= 15 is 0 Å². The molecule has 0 bridgehead atoms. The third-order valence-electron chi connectivity index (χ3n) is 3.90. The summed E-state index contributed by atoms with van der Waals surface area (Å²) in [6.45, 7) is -0.169. The minimum absolute atomic E-state index is 0.0759. The lowest BCUT2D eigenvalue weighted by Gasteiger charge is -2.19. The number of carbonyl (C=O) groups is 3. The van der Waals surface area contributed by atoms with Crippen LogP contribution < -0.4 is 5.32 Å². The van der Waals surface area contributed by atoms with Crippen molar-refractivity contribution < 1.29 is 27.5 Å². The van der Waals surface area contributed by atoms with Crippen LogP contribution in [0.4, 0.5) is 5.69 Å². The zero-order chi connectivity index (χ0) is 19.2. The van der Waals surface area contributed by atoms with E-state index in [0.29, 0.717) is 13.0 Å². The van der Waals surface area contributed by atoms with Crippen molar-refractivity contribution >= 4 is 33.3 Å². The Kier molecular flexibility index (Phi) is 6.73. The molecule has 8 nitrogen and oxygen atoms in total. The number of rotatable bonds is 6. The number of anilines is 1. The molecule has 0 aliphatic carbocycles. The summed E-state index contributed by atoms with van der Waals surface area (Å²) >= 11 is 0. The number of likely N-dealkylation sites (tertiary alicyclic amines) is 1. The summed E-state index contributed by atoms with van der Waals surface area (Å²) < 4.78 is 27.9. The van der Waals surface area contributed by atoms with Gasteiger partial charge in [-0.2, -0.15) is 0 Å². The quantitative estimate of drug-likeness (QED) is 0.734. The van der Waals surface area contributed by atoms with Crippen LogP contribution in [0, 0.1) is 0 Å². The standard InChI is InChI=1S/C17H22N2O6S/c1-26(23,24)14-7-5-6-13(10-14)18-15(20)12-25-17(22)11-19-9-4-2-3-8-16(19)21/h5-7,10H,2-4,8-9,11-12H2,1H3,(H,18,20). The van der Waals surface area contributed by atoms with Gasteiger partial charge in [0.15, 0.2) is 16.4 Å². The van der Waals surface area contributed by atoms with Gasteiger partial charge in [-0.1, -0.05) is 12.5 Å². The summed E-state index contributed by atoms with van der Waals surface area (Å²) in [6, 6.07) is 5.78. The summed E-state index contributed by atoms with van der Waals surface area (Å²) in [7, 11) is -3.39. The van der Waals surface area contributed by atoms with E-state index in [2.05, 4.69) is 5.32 Å². The Balaban J connectivity index is 1.83. The highest BCUT2D eigenvalue weighted by Gasteiger charge is 2.20. The molecule has 1 aromatic carbocycles. The van der Waals surface area contributed by atoms with Crippen molar-refractivity contribution in [2.45, 2.75) is 30.6 Å². The molecule has 142 valence electrons. The predicted octanol–water partition coefficient (Wildman–Crippen LogP) is 0.974. The van der Waals surface area contributed by atoms with E-state index < -0.39 is 28.3 Å². The molecule has 0 saturated carbocycles. The molecule has 0 atom stereocenters. The number of nitrogens with one attached hydrogen (secondary N) is 1. The van der Waals surface area contributed by atoms with Gasteiger partial charge in [-0.3, -0.25) is 14.4 Å². The molecule has 0 spiro atoms. The van der Waals surface area contributed by atoms with Crippen LogP contribution >= 0.6 is 0 Å². The van der Waals surface area contributed by atoms with Gasteiger partial charge in [-0.05, 0) is 31.0 Å². The van der Waals surface area contributed by atoms with Gasteiger partial charge in [0, 0.05) is 24.9 Å². The molecule has 2 rings (SSSR count). The Hall–Kier alpha value is -2.42. The van der Waals surface area contributed by atoms with Crippen LogP contribution in [0.5, 0.6) is 0 Å². The number of sulfone groups is 1. The van der Waals surface area contributed by atoms with Crippen molar-refractivity contribution in [1.82, 2.24) is 4.90 Å². The molecule has 1 aliphatic heterocycles. The lowest BCUT2D eigenvalue weighted by Crippen LogP contribution is -2.36. The number of nitrogens with zero attached hydrogens (tertiary/aromatic N) is 1. The molecule has 0 aromatic heterocycles. The number of esters is 1. The Morgan fingerprint density at radius 3 is 2.73 bits per heavy atom. The topological polar surface area (TPSA) is 110 Å². The zero-order valence-corrected chi connectivity index (χ0v) is 15.4. The number of ether oxygens (including phenoxy) is 1. The van der Waals surface area contributed by atoms with Crippen LogP contribution in [0.25, 0.3) is 0 Å². The first kappa shape index (κ1) is 19.9. The van der Waals surface area contributed by atoms with Crippen molar-refractivity contribution in [2.75, 3.05) is 31.3 Å². The van der Waals surface area contributed by atoms with E-state index in [0.717, 1.165) is 25.5 Å². The maximum absolute atomic E-state index is 11.9. The Morgan fingerprint density at radius 2 is 2.00 bits per heavy atom. The lowest BCUT2D eigenvalue weighted by molar-refractivity contribution is -0.151. The third kappa shape index (κ3) is 6.14. The van der Waals surface area contributed by atoms with Gasteiger partial charge in [-0.15, -0.1) is 0 Å². The fraction of sp³-hybridized carbons (Fsp3) is 0.471. The molecule has 26 heavy (non-hydrogen) atoms. The van der Waals surface area contributed by atoms with Gasteiger partial charge >= 0.3 is 5.97 Å². The smallest absolute Gasteiger partial charge is 0.326 e. The van der Waals surface area contributed by atoms with E-state index in [1.165, 1.54) is 29.2 Å². The Bertz CT molecular complexity index is 790. The van der Waals surface area contributed by atoms with Crippen molar-refractivity contribution in [2.24, 2.45) is 0 Å². The molecular weight excluding hydrogens is 360 g/mol. The number of amides is 2. The van der Waals surface area contributed by atoms with Crippen molar-refractivity contribution in [3.05, 3.63) is 24.3 Å². The molecule has 1 N–H and O–H groups in total. The first-order chi connectivity index (χ1) is 12.3. The highest BCUT2D eigenvalue weighted by Crippen LogP contribution is 2.15. The average molecular weight is 382 g/mol. The van der Waals surface area contributed by atoms with E-state index in [1.807, 2.05) is 0 Å². The molecule has 1 heterocycles. The lowest BCUT2D eigenvalue weighted by atomic mass is 10.2. The summed E-state index contributed by atoms with van der Waals surface area (Å²) in [4.78, 5) is 37.1. The Morgan fingerprint density at radius 1 is 1.23 bits per heavy atom. The SMILES string of the molecule is CS(=O)(=O)c1cccc(NC(=O)COC(=O)CN2CCCCCC2=O)c1. The second kappa shape index (κ2) is 8.79. The molecule has 1 aliphatic rings. The molecule has 0 unspecified atom stereocenters. The molecule has 1 saturated heterocycles. The van der Waals surface area contributed by atoms with Crippen molar-refractivity contribution in [3.63, 3.8) is 0 Å². The summed E-state index contributed by atoms with van der Waals surface area (Å²) in [5.74, 6) is -1.33. The monoisotopic (exact) mass is 382 g/mol. The summed E-state index contributed by atoms with van der Waals surface area (Å²) in [5.41, 5.74) is 0.289. The fourth-order valence-corrected chi connectivity index (χ4v) is 3.22. The van der Waals surface area contributed by atoms with Gasteiger partial charge in [-0.25, -0.2) is 8.42 Å². The van der Waals surface area contributed by atoms with Gasteiger partial charge < -0.3 is 15.0 Å². The molecule has 1 aromatic rings. The second-order valence-corrected chi connectivity index (χ2v) is 8.15. The molecule has 0 radical (unpaired) electrons. The van der Waals surface area contributed by atoms with Crippen LogP contribution in [0.2, 0.25) is 0 Å². The van der Waals surface area contributed by atoms with Crippen LogP contribution in [0.15, 0.2) is 29.2 Å². The minimum atomic E-state index is -3.39. The number of benzene rings is 1. The minimum Gasteiger partial charge on any atom is -0.454 e. The van der Waals surface area contributed by atoms with Crippen LogP contribution in [0.1, 0.15) is 25.7 Å². The maximum Gasteiger partial charge on any atom is 0.326 e. The fourth-order valence-electron chi connectivity index (χ4n) is 2.55. The maximum atomic E-state index is 11.9. The first-order valence-electron chi connectivity index (χ1n) is 8.29. The van der Waals surface area contributed by atoms with E-state index in [9.17, 15) is 22.8 Å². The normalized spacial score (nSPS) is 15.3. The zero-order valence-electron chi connectivity index (χ0n) is 14.6. The van der Waals surface area contributed by atoms with Gasteiger partial charge in [0.2, 0.25) is 5.91 Å². The molecular formula is C17H22N2O6S. The van der Waals surface area contributed by atoms with E-state index in [1.54, 1.807) is 0 Å². The highest BCUT2D eigenvalue weighted by molar-refractivity contribution is 7.90. The number of hydrogen-bond acceptors (Lipinski definition) is 6. The first-order valence-corrected chi connectivity index (χ1v) is 10.2. The van der Waals surface area contributed by atoms with Crippen molar-refractivity contribution in [1.29, 1.82) is 0 Å². The molecule has 9 heteroatoms. The van der Waals surface area contributed by atoms with Crippen molar-refractivity contribution in [3.8, 4) is 0 Å². The number of carbonyl (C=O) groups excluding carboxylic acids is 3. The van der Waals surface area contributed by atoms with Gasteiger partial charge in [0.25, 0.3) is 5.91 Å². The third-order valence-corrected chi connectivity index (χ3v) is 5.01.